The van der Waals surface area contributed by atoms with Gasteiger partial charge in [0.25, 0.3) is 0 Å². The molecule has 0 radical (unpaired) electrons. The Morgan fingerprint density at radius 1 is 1.12 bits per heavy atom. The zero-order valence-electron chi connectivity index (χ0n) is 11.0. The molecule has 3 fully saturated rings. The van der Waals surface area contributed by atoms with Crippen LogP contribution in [0.3, 0.4) is 0 Å². The summed E-state index contributed by atoms with van der Waals surface area (Å²) in [5.41, 5.74) is 0.384. The predicted octanol–water partition coefficient (Wildman–Crippen LogP) is 3.12. The maximum Gasteiger partial charge on any atom is 0.223 e. The maximum atomic E-state index is 12.1. The van der Waals surface area contributed by atoms with Gasteiger partial charge in [-0.15, -0.1) is 0 Å². The van der Waals surface area contributed by atoms with E-state index >= 15 is 0 Å². The van der Waals surface area contributed by atoms with Crippen molar-refractivity contribution in [3.63, 3.8) is 0 Å². The van der Waals surface area contributed by atoms with Crippen LogP contribution in [0.15, 0.2) is 0 Å². The first kappa shape index (κ1) is 11.6. The second-order valence-electron chi connectivity index (χ2n) is 7.01. The number of carbonyl (C=O) groups excluding carboxylic acids is 1. The van der Waals surface area contributed by atoms with Gasteiger partial charge in [-0.2, -0.15) is 0 Å². The second kappa shape index (κ2) is 4.29. The fraction of sp³-hybridized carbons (Fsp3) is 0.933. The molecule has 0 spiro atoms. The summed E-state index contributed by atoms with van der Waals surface area (Å²) in [5, 5.41) is 3.24. The predicted molar refractivity (Wildman–Crippen MR) is 68.5 cm³/mol. The maximum absolute atomic E-state index is 12.1. The molecule has 96 valence electrons. The minimum absolute atomic E-state index is 0.351. The van der Waals surface area contributed by atoms with Crippen molar-refractivity contribution >= 4 is 5.91 Å². The number of amides is 1. The summed E-state index contributed by atoms with van der Waals surface area (Å²) in [6.45, 7) is 3.26. The van der Waals surface area contributed by atoms with Gasteiger partial charge in [0, 0.05) is 12.5 Å². The molecule has 3 rings (SSSR count). The fourth-order valence-electron chi connectivity index (χ4n) is 3.96. The third-order valence-corrected chi connectivity index (χ3v) is 5.36. The molecule has 0 bridgehead atoms. The summed E-state index contributed by atoms with van der Waals surface area (Å²) in [7, 11) is 0. The highest BCUT2D eigenvalue weighted by Crippen LogP contribution is 2.54. The molecule has 0 saturated heterocycles. The third kappa shape index (κ3) is 2.51. The van der Waals surface area contributed by atoms with E-state index in [4.69, 9.17) is 0 Å². The molecule has 0 aromatic heterocycles. The molecule has 3 aliphatic carbocycles. The first-order chi connectivity index (χ1) is 8.16. The number of carbonyl (C=O) groups is 1. The van der Waals surface area contributed by atoms with Gasteiger partial charge in [0.2, 0.25) is 5.91 Å². The van der Waals surface area contributed by atoms with Crippen LogP contribution in [0.2, 0.25) is 0 Å². The SMILES string of the molecule is CC1(CNC(=O)C2CC3CC3C2)CCCCC1. The molecular formula is C15H25NO. The summed E-state index contributed by atoms with van der Waals surface area (Å²) < 4.78 is 0. The Morgan fingerprint density at radius 2 is 1.76 bits per heavy atom. The highest BCUT2D eigenvalue weighted by Gasteiger charge is 2.48. The van der Waals surface area contributed by atoms with Crippen LogP contribution in [0.4, 0.5) is 0 Å². The molecule has 3 aliphatic rings. The molecule has 17 heavy (non-hydrogen) atoms. The normalized spacial score (nSPS) is 38.5. The zero-order valence-corrected chi connectivity index (χ0v) is 11.0. The van der Waals surface area contributed by atoms with Crippen molar-refractivity contribution in [1.82, 2.24) is 5.32 Å². The molecule has 0 aliphatic heterocycles. The molecule has 3 saturated carbocycles. The van der Waals surface area contributed by atoms with E-state index in [0.717, 1.165) is 18.4 Å². The minimum atomic E-state index is 0.351. The lowest BCUT2D eigenvalue weighted by molar-refractivity contribution is -0.125. The highest BCUT2D eigenvalue weighted by atomic mass is 16.1. The van der Waals surface area contributed by atoms with Crippen LogP contribution in [0.5, 0.6) is 0 Å². The molecule has 0 heterocycles. The summed E-state index contributed by atoms with van der Waals surface area (Å²) in [6.07, 6.45) is 10.4. The Balaban J connectivity index is 1.45. The van der Waals surface area contributed by atoms with Gasteiger partial charge in [-0.25, -0.2) is 0 Å². The van der Waals surface area contributed by atoms with Crippen LogP contribution in [0.1, 0.15) is 58.3 Å². The lowest BCUT2D eigenvalue weighted by Crippen LogP contribution is -2.39. The fourth-order valence-corrected chi connectivity index (χ4v) is 3.96. The van der Waals surface area contributed by atoms with Crippen molar-refractivity contribution < 1.29 is 4.79 Å². The molecule has 2 heteroatoms. The van der Waals surface area contributed by atoms with Crippen LogP contribution in [-0.2, 0) is 4.79 Å². The second-order valence-corrected chi connectivity index (χ2v) is 7.01. The molecule has 1 N–H and O–H groups in total. The largest absolute Gasteiger partial charge is 0.355 e. The van der Waals surface area contributed by atoms with Crippen LogP contribution in [-0.4, -0.2) is 12.5 Å². The van der Waals surface area contributed by atoms with Gasteiger partial charge in [-0.05, 0) is 49.4 Å². The summed E-state index contributed by atoms with van der Waals surface area (Å²) in [5.74, 6) is 2.53. The minimum Gasteiger partial charge on any atom is -0.355 e. The molecule has 1 amide bonds. The third-order valence-electron chi connectivity index (χ3n) is 5.36. The van der Waals surface area contributed by atoms with E-state index in [0.29, 0.717) is 17.2 Å². The van der Waals surface area contributed by atoms with Crippen molar-refractivity contribution in [1.29, 1.82) is 0 Å². The van der Waals surface area contributed by atoms with Gasteiger partial charge in [0.15, 0.2) is 0 Å². The molecule has 2 nitrogen and oxygen atoms in total. The quantitative estimate of drug-likeness (QED) is 0.800. The van der Waals surface area contributed by atoms with Crippen molar-refractivity contribution in [3.8, 4) is 0 Å². The van der Waals surface area contributed by atoms with Gasteiger partial charge in [-0.3, -0.25) is 4.79 Å². The van der Waals surface area contributed by atoms with Crippen molar-refractivity contribution in [2.24, 2.45) is 23.2 Å². The number of nitrogens with one attached hydrogen (secondary N) is 1. The van der Waals surface area contributed by atoms with E-state index in [2.05, 4.69) is 12.2 Å². The topological polar surface area (TPSA) is 29.1 Å². The summed E-state index contributed by atoms with van der Waals surface area (Å²) >= 11 is 0. The Labute approximate surface area is 105 Å². The average molecular weight is 235 g/mol. The Bertz CT molecular complexity index is 296. The molecule has 0 aromatic carbocycles. The lowest BCUT2D eigenvalue weighted by Gasteiger charge is -2.34. The summed E-state index contributed by atoms with van der Waals surface area (Å²) in [6, 6.07) is 0. The molecule has 2 unspecified atom stereocenters. The Kier molecular flexibility index (Phi) is 2.92. The van der Waals surface area contributed by atoms with E-state index < -0.39 is 0 Å². The van der Waals surface area contributed by atoms with E-state index in [-0.39, 0.29) is 0 Å². The number of hydrogen-bond acceptors (Lipinski definition) is 1. The zero-order chi connectivity index (χ0) is 11.9. The van der Waals surface area contributed by atoms with Crippen LogP contribution in [0, 0.1) is 23.2 Å². The molecule has 2 atom stereocenters. The summed E-state index contributed by atoms with van der Waals surface area (Å²) in [4.78, 5) is 12.1. The van der Waals surface area contributed by atoms with Gasteiger partial charge in [0.05, 0.1) is 0 Å². The van der Waals surface area contributed by atoms with E-state index in [1.165, 1.54) is 51.4 Å². The van der Waals surface area contributed by atoms with Crippen molar-refractivity contribution in [2.75, 3.05) is 6.54 Å². The van der Waals surface area contributed by atoms with Crippen LogP contribution < -0.4 is 5.32 Å². The first-order valence-electron chi connectivity index (χ1n) is 7.44. The number of rotatable bonds is 3. The van der Waals surface area contributed by atoms with Gasteiger partial charge >= 0.3 is 0 Å². The lowest BCUT2D eigenvalue weighted by atomic mass is 9.75. The Morgan fingerprint density at radius 3 is 2.41 bits per heavy atom. The van der Waals surface area contributed by atoms with Gasteiger partial charge in [-0.1, -0.05) is 26.2 Å². The number of fused-ring (bicyclic) bond motifs is 1. The monoisotopic (exact) mass is 235 g/mol. The van der Waals surface area contributed by atoms with Gasteiger partial charge in [0.1, 0.15) is 0 Å². The average Bonchev–Trinajstić information content (AvgIpc) is 2.94. The van der Waals surface area contributed by atoms with Crippen LogP contribution >= 0.6 is 0 Å². The van der Waals surface area contributed by atoms with Crippen molar-refractivity contribution in [2.45, 2.75) is 58.3 Å². The van der Waals surface area contributed by atoms with E-state index in [1.807, 2.05) is 0 Å². The standard InChI is InChI=1S/C15H25NO/c1-15(5-3-2-4-6-15)10-16-14(17)13-8-11-7-12(11)9-13/h11-13H,2-10H2,1H3,(H,16,17). The molecular weight excluding hydrogens is 210 g/mol. The van der Waals surface area contributed by atoms with Crippen LogP contribution in [0.25, 0.3) is 0 Å². The number of hydrogen-bond donors (Lipinski definition) is 1. The van der Waals surface area contributed by atoms with Gasteiger partial charge < -0.3 is 5.32 Å². The first-order valence-corrected chi connectivity index (χ1v) is 7.44. The van der Waals surface area contributed by atoms with E-state index in [9.17, 15) is 4.79 Å². The smallest absolute Gasteiger partial charge is 0.223 e. The highest BCUT2D eigenvalue weighted by molar-refractivity contribution is 5.79. The Hall–Kier alpha value is -0.530. The molecule has 0 aromatic rings. The van der Waals surface area contributed by atoms with Crippen molar-refractivity contribution in [3.05, 3.63) is 0 Å². The van der Waals surface area contributed by atoms with E-state index in [1.54, 1.807) is 0 Å².